The molecule has 2 heterocycles. The van der Waals surface area contributed by atoms with Gasteiger partial charge in [-0.2, -0.15) is 0 Å². The second-order valence-corrected chi connectivity index (χ2v) is 9.21. The molecule has 2 aromatic rings. The molecule has 5 nitrogen and oxygen atoms in total. The Kier molecular flexibility index (Phi) is 4.88. The summed E-state index contributed by atoms with van der Waals surface area (Å²) in [7, 11) is 0.999. The molecule has 6 heteroatoms. The van der Waals surface area contributed by atoms with E-state index in [9.17, 15) is 8.42 Å². The molecule has 130 valence electrons. The third-order valence-corrected chi connectivity index (χ3v) is 5.93. The predicted molar refractivity (Wildman–Crippen MR) is 95.9 cm³/mol. The first-order valence-electron chi connectivity index (χ1n) is 8.44. The molecule has 1 aliphatic rings. The number of aromatic nitrogens is 2. The van der Waals surface area contributed by atoms with E-state index in [4.69, 9.17) is 4.98 Å². The summed E-state index contributed by atoms with van der Waals surface area (Å²) >= 11 is 0. The Morgan fingerprint density at radius 2 is 1.83 bits per heavy atom. The Morgan fingerprint density at radius 3 is 2.46 bits per heavy atom. The third kappa shape index (κ3) is 3.92. The topological polar surface area (TPSA) is 63.2 Å². The maximum absolute atomic E-state index is 11.7. The molecule has 0 amide bonds. The number of nitrogens with zero attached hydrogens (tertiary/aromatic N) is 3. The van der Waals surface area contributed by atoms with E-state index in [2.05, 4.69) is 24.0 Å². The molecule has 0 N–H and O–H groups in total. The molecule has 0 bridgehead atoms. The molecule has 1 aliphatic carbocycles. The van der Waals surface area contributed by atoms with Crippen molar-refractivity contribution in [3.05, 3.63) is 30.1 Å². The molecule has 3 rings (SSSR count). The number of hydrogen-bond donors (Lipinski definition) is 0. The lowest BCUT2D eigenvalue weighted by Crippen LogP contribution is -2.25. The summed E-state index contributed by atoms with van der Waals surface area (Å²) in [6, 6.07) is 5.64. The number of hydrogen-bond acceptors (Lipinski definition) is 5. The van der Waals surface area contributed by atoms with Crippen LogP contribution in [0, 0.1) is 5.92 Å². The van der Waals surface area contributed by atoms with Crippen molar-refractivity contribution in [2.75, 3.05) is 26.9 Å². The van der Waals surface area contributed by atoms with E-state index in [0.29, 0.717) is 11.4 Å². The summed E-state index contributed by atoms with van der Waals surface area (Å²) in [5, 5.41) is 0. The first-order valence-corrected chi connectivity index (χ1v) is 10.3. The Labute approximate surface area is 144 Å². The fraction of sp³-hybridized carbons (Fsp3) is 0.556. The summed E-state index contributed by atoms with van der Waals surface area (Å²) in [6.07, 6.45) is 7.36. The molecule has 0 radical (unpaired) electrons. The van der Waals surface area contributed by atoms with Crippen LogP contribution in [-0.4, -0.2) is 50.2 Å². The van der Waals surface area contributed by atoms with Gasteiger partial charge in [0, 0.05) is 30.6 Å². The Hall–Kier alpha value is -1.53. The van der Waals surface area contributed by atoms with Gasteiger partial charge in [-0.15, -0.1) is 0 Å². The number of pyridine rings is 2. The van der Waals surface area contributed by atoms with Crippen LogP contribution in [0.3, 0.4) is 0 Å². The molecule has 24 heavy (non-hydrogen) atoms. The van der Waals surface area contributed by atoms with Gasteiger partial charge in [0.15, 0.2) is 9.84 Å². The van der Waals surface area contributed by atoms with Crippen LogP contribution < -0.4 is 0 Å². The van der Waals surface area contributed by atoms with Gasteiger partial charge in [0.1, 0.15) is 0 Å². The van der Waals surface area contributed by atoms with Crippen LogP contribution in [0.1, 0.15) is 37.3 Å². The standard InChI is InChI=1S/C18H25N3O2S/c1-21(2)12-13-4-6-14(7-5-13)16-8-9-17-18(20-16)10-15(11-19-17)24(3,22)23/h8-11,13-14H,4-7,12H2,1-3H3. The second-order valence-electron chi connectivity index (χ2n) is 7.20. The Bertz CT molecular complexity index is 825. The summed E-state index contributed by atoms with van der Waals surface area (Å²) in [5.74, 6) is 1.24. The minimum absolute atomic E-state index is 0.231. The van der Waals surface area contributed by atoms with E-state index < -0.39 is 9.84 Å². The van der Waals surface area contributed by atoms with Gasteiger partial charge >= 0.3 is 0 Å². The van der Waals surface area contributed by atoms with Gasteiger partial charge in [-0.25, -0.2) is 8.42 Å². The van der Waals surface area contributed by atoms with Gasteiger partial charge < -0.3 is 4.90 Å². The SMILES string of the molecule is CN(C)CC1CCC(c2ccc3ncc(S(C)(=O)=O)cc3n2)CC1. The largest absolute Gasteiger partial charge is 0.309 e. The monoisotopic (exact) mass is 347 g/mol. The number of sulfone groups is 1. The summed E-state index contributed by atoms with van der Waals surface area (Å²) in [4.78, 5) is 11.4. The van der Waals surface area contributed by atoms with Crippen molar-refractivity contribution in [1.82, 2.24) is 14.9 Å². The van der Waals surface area contributed by atoms with E-state index in [1.807, 2.05) is 12.1 Å². The minimum atomic E-state index is -3.26. The van der Waals surface area contributed by atoms with Crippen LogP contribution in [-0.2, 0) is 9.84 Å². The molecule has 1 fully saturated rings. The molecule has 0 aliphatic heterocycles. The molecular formula is C18H25N3O2S. The van der Waals surface area contributed by atoms with Crippen molar-refractivity contribution in [1.29, 1.82) is 0 Å². The van der Waals surface area contributed by atoms with Gasteiger partial charge in [0.05, 0.1) is 15.9 Å². The van der Waals surface area contributed by atoms with Crippen molar-refractivity contribution in [2.24, 2.45) is 5.92 Å². The van der Waals surface area contributed by atoms with Crippen molar-refractivity contribution < 1.29 is 8.42 Å². The van der Waals surface area contributed by atoms with Crippen molar-refractivity contribution in [2.45, 2.75) is 36.5 Å². The average molecular weight is 347 g/mol. The predicted octanol–water partition coefficient (Wildman–Crippen LogP) is 2.87. The highest BCUT2D eigenvalue weighted by Gasteiger charge is 2.24. The summed E-state index contributed by atoms with van der Waals surface area (Å²) < 4.78 is 23.4. The third-order valence-electron chi connectivity index (χ3n) is 4.85. The zero-order valence-corrected chi connectivity index (χ0v) is 15.4. The number of fused-ring (bicyclic) bond motifs is 1. The van der Waals surface area contributed by atoms with Crippen molar-refractivity contribution in [3.63, 3.8) is 0 Å². The van der Waals surface area contributed by atoms with E-state index in [1.165, 1.54) is 25.3 Å². The van der Waals surface area contributed by atoms with E-state index in [1.54, 1.807) is 6.07 Å². The maximum Gasteiger partial charge on any atom is 0.177 e. The van der Waals surface area contributed by atoms with Crippen LogP contribution >= 0.6 is 0 Å². The molecule has 0 aromatic carbocycles. The fourth-order valence-corrected chi connectivity index (χ4v) is 4.16. The van der Waals surface area contributed by atoms with Gasteiger partial charge in [0.2, 0.25) is 0 Å². The normalized spacial score (nSPS) is 22.2. The highest BCUT2D eigenvalue weighted by Crippen LogP contribution is 2.35. The summed E-state index contributed by atoms with van der Waals surface area (Å²) in [5.41, 5.74) is 2.48. The van der Waals surface area contributed by atoms with E-state index >= 15 is 0 Å². The lowest BCUT2D eigenvalue weighted by Gasteiger charge is -2.30. The molecule has 2 aromatic heterocycles. The molecule has 0 saturated heterocycles. The van der Waals surface area contributed by atoms with Gasteiger partial charge in [-0.3, -0.25) is 9.97 Å². The molecule has 0 unspecified atom stereocenters. The molecule has 0 atom stereocenters. The van der Waals surface area contributed by atoms with Crippen molar-refractivity contribution in [3.8, 4) is 0 Å². The Balaban J connectivity index is 1.81. The smallest absolute Gasteiger partial charge is 0.177 e. The fourth-order valence-electron chi connectivity index (χ4n) is 3.59. The second kappa shape index (κ2) is 6.76. The quantitative estimate of drug-likeness (QED) is 0.851. The first-order chi connectivity index (χ1) is 11.3. The van der Waals surface area contributed by atoms with Gasteiger partial charge in [-0.05, 0) is 63.9 Å². The Morgan fingerprint density at radius 1 is 1.12 bits per heavy atom. The van der Waals surface area contributed by atoms with Crippen LogP contribution in [0.2, 0.25) is 0 Å². The van der Waals surface area contributed by atoms with Crippen LogP contribution in [0.25, 0.3) is 11.0 Å². The molecule has 0 spiro atoms. The lowest BCUT2D eigenvalue weighted by atomic mass is 9.80. The highest BCUT2D eigenvalue weighted by atomic mass is 32.2. The summed E-state index contributed by atoms with van der Waals surface area (Å²) in [6.45, 7) is 1.15. The minimum Gasteiger partial charge on any atom is -0.309 e. The maximum atomic E-state index is 11.7. The van der Waals surface area contributed by atoms with Crippen LogP contribution in [0.4, 0.5) is 0 Å². The zero-order chi connectivity index (χ0) is 17.3. The molecular weight excluding hydrogens is 322 g/mol. The van der Waals surface area contributed by atoms with Crippen LogP contribution in [0.5, 0.6) is 0 Å². The number of rotatable bonds is 4. The van der Waals surface area contributed by atoms with Crippen LogP contribution in [0.15, 0.2) is 29.3 Å². The van der Waals surface area contributed by atoms with Gasteiger partial charge in [-0.1, -0.05) is 0 Å². The molecule has 1 saturated carbocycles. The van der Waals surface area contributed by atoms with E-state index in [0.717, 1.165) is 36.5 Å². The first kappa shape index (κ1) is 17.3. The van der Waals surface area contributed by atoms with Crippen molar-refractivity contribution >= 4 is 20.9 Å². The average Bonchev–Trinajstić information content (AvgIpc) is 2.53. The van der Waals surface area contributed by atoms with E-state index in [-0.39, 0.29) is 4.90 Å². The highest BCUT2D eigenvalue weighted by molar-refractivity contribution is 7.90. The van der Waals surface area contributed by atoms with Gasteiger partial charge in [0.25, 0.3) is 0 Å². The zero-order valence-electron chi connectivity index (χ0n) is 14.6. The lowest BCUT2D eigenvalue weighted by molar-refractivity contribution is 0.248.